The monoisotopic (exact) mass is 480 g/mol. The highest BCUT2D eigenvalue weighted by Gasteiger charge is 2.20. The second-order valence-corrected chi connectivity index (χ2v) is 11.3. The Balaban J connectivity index is 2.04. The molecule has 0 atom stereocenters. The van der Waals surface area contributed by atoms with E-state index >= 15 is 0 Å². The Kier molecular flexibility index (Phi) is 5.82. The molecule has 5 aromatic rings. The van der Waals surface area contributed by atoms with Crippen LogP contribution >= 0.6 is 0 Å². The highest BCUT2D eigenvalue weighted by Crippen LogP contribution is 2.32. The van der Waals surface area contributed by atoms with E-state index in [1.165, 1.54) is 11.1 Å². The van der Waals surface area contributed by atoms with Crippen molar-refractivity contribution < 1.29 is 0 Å². The van der Waals surface area contributed by atoms with Crippen LogP contribution in [-0.4, -0.2) is 9.13 Å². The predicted octanol–water partition coefficient (Wildman–Crippen LogP) is 8.03. The molecule has 186 valence electrons. The average Bonchev–Trinajstić information content (AvgIpc) is 2.82. The Hall–Kier alpha value is -3.40. The SMILES string of the molecule is CC(C)c1ccc2c(=O)c3cc4c(cc3n(C(C)C)c2c1)c(=O)c1ccc(C(C)C)cc1n4C(C)C. The van der Waals surface area contributed by atoms with Crippen molar-refractivity contribution in [2.75, 3.05) is 0 Å². The minimum atomic E-state index is 0.0212. The molecule has 0 aliphatic carbocycles. The molecular formula is C32H36N2O2. The van der Waals surface area contributed by atoms with Crippen molar-refractivity contribution in [3.05, 3.63) is 80.1 Å². The van der Waals surface area contributed by atoms with E-state index in [1.54, 1.807) is 0 Å². The van der Waals surface area contributed by atoms with Crippen LogP contribution < -0.4 is 10.9 Å². The van der Waals surface area contributed by atoms with E-state index in [9.17, 15) is 9.59 Å². The van der Waals surface area contributed by atoms with E-state index < -0.39 is 0 Å². The van der Waals surface area contributed by atoms with Gasteiger partial charge in [-0.2, -0.15) is 0 Å². The van der Waals surface area contributed by atoms with Crippen LogP contribution in [0.4, 0.5) is 0 Å². The summed E-state index contributed by atoms with van der Waals surface area (Å²) in [6.45, 7) is 17.2. The molecular weight excluding hydrogens is 444 g/mol. The Labute approximate surface area is 212 Å². The molecule has 2 aromatic heterocycles. The zero-order chi connectivity index (χ0) is 26.0. The summed E-state index contributed by atoms with van der Waals surface area (Å²) in [5.74, 6) is 0.718. The summed E-state index contributed by atoms with van der Waals surface area (Å²) in [4.78, 5) is 27.7. The summed E-state index contributed by atoms with van der Waals surface area (Å²) in [5.41, 5.74) is 5.94. The molecule has 4 nitrogen and oxygen atoms in total. The number of pyridine rings is 2. The van der Waals surface area contributed by atoms with E-state index in [4.69, 9.17) is 0 Å². The number of hydrogen-bond acceptors (Lipinski definition) is 2. The fourth-order valence-electron chi connectivity index (χ4n) is 5.60. The number of rotatable bonds is 4. The largest absolute Gasteiger partial charge is 0.338 e. The van der Waals surface area contributed by atoms with Gasteiger partial charge in [-0.05, 0) is 87.1 Å². The van der Waals surface area contributed by atoms with Crippen LogP contribution in [0.1, 0.15) is 90.4 Å². The average molecular weight is 481 g/mol. The molecule has 0 aliphatic rings. The third-order valence-electron chi connectivity index (χ3n) is 7.54. The molecule has 0 spiro atoms. The van der Waals surface area contributed by atoms with Crippen molar-refractivity contribution in [1.82, 2.24) is 9.13 Å². The Bertz CT molecular complexity index is 1650. The van der Waals surface area contributed by atoms with Crippen molar-refractivity contribution in [3.63, 3.8) is 0 Å². The van der Waals surface area contributed by atoms with Crippen molar-refractivity contribution in [3.8, 4) is 0 Å². The summed E-state index contributed by atoms with van der Waals surface area (Å²) < 4.78 is 4.45. The zero-order valence-corrected chi connectivity index (χ0v) is 22.6. The van der Waals surface area contributed by atoms with Crippen LogP contribution in [0.3, 0.4) is 0 Å². The maximum Gasteiger partial charge on any atom is 0.197 e. The summed E-state index contributed by atoms with van der Waals surface area (Å²) in [7, 11) is 0. The molecule has 5 rings (SSSR count). The van der Waals surface area contributed by atoms with Gasteiger partial charge in [-0.15, -0.1) is 0 Å². The van der Waals surface area contributed by atoms with Gasteiger partial charge in [-0.25, -0.2) is 0 Å². The molecule has 4 heteroatoms. The summed E-state index contributed by atoms with van der Waals surface area (Å²) in [6.07, 6.45) is 0. The minimum absolute atomic E-state index is 0.0212. The maximum absolute atomic E-state index is 13.9. The van der Waals surface area contributed by atoms with Crippen LogP contribution in [0.25, 0.3) is 43.6 Å². The van der Waals surface area contributed by atoms with Crippen LogP contribution in [0.15, 0.2) is 58.1 Å². The maximum atomic E-state index is 13.9. The van der Waals surface area contributed by atoms with E-state index in [0.29, 0.717) is 22.6 Å². The molecule has 0 saturated heterocycles. The van der Waals surface area contributed by atoms with Gasteiger partial charge >= 0.3 is 0 Å². The summed E-state index contributed by atoms with van der Waals surface area (Å²) in [5, 5.41) is 2.77. The van der Waals surface area contributed by atoms with Gasteiger partial charge in [0, 0.05) is 33.6 Å². The Morgan fingerprint density at radius 2 is 0.806 bits per heavy atom. The van der Waals surface area contributed by atoms with E-state index in [-0.39, 0.29) is 22.9 Å². The highest BCUT2D eigenvalue weighted by molar-refractivity contribution is 6.04. The first-order valence-corrected chi connectivity index (χ1v) is 13.1. The van der Waals surface area contributed by atoms with Gasteiger partial charge in [0.2, 0.25) is 0 Å². The summed E-state index contributed by atoms with van der Waals surface area (Å²) >= 11 is 0. The fourth-order valence-corrected chi connectivity index (χ4v) is 5.60. The molecule has 0 radical (unpaired) electrons. The van der Waals surface area contributed by atoms with Gasteiger partial charge < -0.3 is 9.13 Å². The zero-order valence-electron chi connectivity index (χ0n) is 22.6. The molecule has 0 unspecified atom stereocenters. The smallest absolute Gasteiger partial charge is 0.197 e. The first-order valence-electron chi connectivity index (χ1n) is 13.1. The van der Waals surface area contributed by atoms with Gasteiger partial charge in [-0.1, -0.05) is 39.8 Å². The molecule has 0 N–H and O–H groups in total. The van der Waals surface area contributed by atoms with Gasteiger partial charge in [0.15, 0.2) is 10.9 Å². The molecule has 0 bridgehead atoms. The quantitative estimate of drug-likeness (QED) is 0.244. The Morgan fingerprint density at radius 3 is 1.11 bits per heavy atom. The number of fused-ring (bicyclic) bond motifs is 4. The van der Waals surface area contributed by atoms with Crippen molar-refractivity contribution >= 4 is 43.6 Å². The van der Waals surface area contributed by atoms with Crippen LogP contribution in [0.5, 0.6) is 0 Å². The molecule has 0 saturated carbocycles. The predicted molar refractivity (Wildman–Crippen MR) is 154 cm³/mol. The highest BCUT2D eigenvalue weighted by atomic mass is 16.1. The van der Waals surface area contributed by atoms with Crippen molar-refractivity contribution in [2.45, 2.75) is 79.3 Å². The van der Waals surface area contributed by atoms with E-state index in [1.807, 2.05) is 24.3 Å². The normalized spacial score (nSPS) is 12.6. The lowest BCUT2D eigenvalue weighted by molar-refractivity contribution is 0.636. The van der Waals surface area contributed by atoms with Gasteiger partial charge in [-0.3, -0.25) is 9.59 Å². The number of hydrogen-bond donors (Lipinski definition) is 0. The fraction of sp³-hybridized carbons (Fsp3) is 0.375. The molecule has 0 aliphatic heterocycles. The standard InChI is InChI=1S/C32H36N2O2/c1-17(2)21-9-11-23-27(13-21)33(19(5)6)29-15-26-30(16-25(29)31(23)35)34(20(7)8)28-14-22(18(3)4)10-12-24(28)32(26)36/h9-20H,1-8H3. The second-order valence-electron chi connectivity index (χ2n) is 11.3. The number of nitrogens with zero attached hydrogens (tertiary/aromatic N) is 2. The second kappa shape index (κ2) is 8.62. The van der Waals surface area contributed by atoms with Gasteiger partial charge in [0.05, 0.1) is 22.1 Å². The summed E-state index contributed by atoms with van der Waals surface area (Å²) in [6, 6.07) is 16.5. The lowest BCUT2D eigenvalue weighted by Crippen LogP contribution is -2.17. The van der Waals surface area contributed by atoms with E-state index in [0.717, 1.165) is 32.8 Å². The van der Waals surface area contributed by atoms with Crippen LogP contribution in [-0.2, 0) is 0 Å². The first-order chi connectivity index (χ1) is 17.0. The van der Waals surface area contributed by atoms with Crippen molar-refractivity contribution in [1.29, 1.82) is 0 Å². The minimum Gasteiger partial charge on any atom is -0.338 e. The topological polar surface area (TPSA) is 44.0 Å². The van der Waals surface area contributed by atoms with Gasteiger partial charge in [0.1, 0.15) is 0 Å². The number of aromatic nitrogens is 2. The van der Waals surface area contributed by atoms with Crippen LogP contribution in [0.2, 0.25) is 0 Å². The molecule has 0 fully saturated rings. The Morgan fingerprint density at radius 1 is 0.472 bits per heavy atom. The number of benzene rings is 3. The molecule has 36 heavy (non-hydrogen) atoms. The third-order valence-corrected chi connectivity index (χ3v) is 7.54. The molecule has 3 aromatic carbocycles. The van der Waals surface area contributed by atoms with Gasteiger partial charge in [0.25, 0.3) is 0 Å². The lowest BCUT2D eigenvalue weighted by atomic mass is 9.97. The molecule has 0 amide bonds. The van der Waals surface area contributed by atoms with Crippen LogP contribution in [0, 0.1) is 0 Å². The molecule has 2 heterocycles. The third kappa shape index (κ3) is 3.57. The van der Waals surface area contributed by atoms with E-state index in [2.05, 4.69) is 88.8 Å². The lowest BCUT2D eigenvalue weighted by Gasteiger charge is -2.23. The van der Waals surface area contributed by atoms with Crippen molar-refractivity contribution in [2.24, 2.45) is 0 Å². The first kappa shape index (κ1) is 24.3.